The second kappa shape index (κ2) is 5.07. The first kappa shape index (κ1) is 11.1. The Balaban J connectivity index is 2.85. The van der Waals surface area contributed by atoms with Crippen LogP contribution in [-0.4, -0.2) is 10.8 Å². The summed E-state index contributed by atoms with van der Waals surface area (Å²) in [5, 5.41) is 6.39. The third kappa shape index (κ3) is 3.08. The number of hydrazone groups is 1. The molecule has 3 nitrogen and oxygen atoms in total. The molecule has 0 aliphatic heterocycles. The molecule has 0 saturated heterocycles. The molecule has 0 atom stereocenters. The van der Waals surface area contributed by atoms with Crippen molar-refractivity contribution in [3.05, 3.63) is 22.4 Å². The smallest absolute Gasteiger partial charge is 0.184 e. The van der Waals surface area contributed by atoms with E-state index in [9.17, 15) is 0 Å². The highest BCUT2D eigenvalue weighted by molar-refractivity contribution is 7.80. The van der Waals surface area contributed by atoms with Gasteiger partial charge < -0.3 is 5.73 Å². The number of nitrogens with one attached hydrogen (secondary N) is 1. The summed E-state index contributed by atoms with van der Waals surface area (Å²) in [5.41, 5.74) is 8.91. The summed E-state index contributed by atoms with van der Waals surface area (Å²) in [6.07, 6.45) is 0. The third-order valence-corrected chi connectivity index (χ3v) is 2.59. The lowest BCUT2D eigenvalue weighted by Crippen LogP contribution is -2.26. The molecule has 1 aromatic rings. The van der Waals surface area contributed by atoms with Crippen molar-refractivity contribution in [2.75, 3.05) is 0 Å². The molecule has 0 spiro atoms. The molecule has 0 saturated carbocycles. The Morgan fingerprint density at radius 2 is 2.36 bits per heavy atom. The standard InChI is InChI=1S/C9H13N3S2/c1-6(2)8(11-12-9(10)13)7-4-3-5-14-7/h3-6H,1-2H3,(H3,10,12,13). The van der Waals surface area contributed by atoms with Crippen molar-refractivity contribution in [1.82, 2.24) is 5.43 Å². The Morgan fingerprint density at radius 3 is 2.79 bits per heavy atom. The van der Waals surface area contributed by atoms with E-state index in [-0.39, 0.29) is 5.11 Å². The van der Waals surface area contributed by atoms with Gasteiger partial charge in [-0.25, -0.2) is 0 Å². The monoisotopic (exact) mass is 227 g/mol. The van der Waals surface area contributed by atoms with Gasteiger partial charge in [-0.2, -0.15) is 5.10 Å². The Labute approximate surface area is 93.0 Å². The zero-order valence-electron chi connectivity index (χ0n) is 8.15. The quantitative estimate of drug-likeness (QED) is 0.471. The summed E-state index contributed by atoms with van der Waals surface area (Å²) in [6, 6.07) is 4.03. The van der Waals surface area contributed by atoms with E-state index in [0.717, 1.165) is 10.6 Å². The van der Waals surface area contributed by atoms with Crippen molar-refractivity contribution in [1.29, 1.82) is 0 Å². The summed E-state index contributed by atoms with van der Waals surface area (Å²) in [4.78, 5) is 1.14. The Hall–Kier alpha value is -0.940. The van der Waals surface area contributed by atoms with Crippen molar-refractivity contribution in [3.8, 4) is 0 Å². The zero-order valence-corrected chi connectivity index (χ0v) is 9.78. The van der Waals surface area contributed by atoms with Crippen molar-refractivity contribution < 1.29 is 0 Å². The lowest BCUT2D eigenvalue weighted by atomic mass is 10.1. The minimum atomic E-state index is 0.194. The predicted molar refractivity (Wildman–Crippen MR) is 65.6 cm³/mol. The fraction of sp³-hybridized carbons (Fsp3) is 0.333. The fourth-order valence-electron chi connectivity index (χ4n) is 1.01. The van der Waals surface area contributed by atoms with Crippen molar-refractivity contribution in [3.63, 3.8) is 0 Å². The van der Waals surface area contributed by atoms with E-state index >= 15 is 0 Å². The summed E-state index contributed by atoms with van der Waals surface area (Å²) >= 11 is 6.35. The third-order valence-electron chi connectivity index (χ3n) is 1.61. The molecule has 0 unspecified atom stereocenters. The second-order valence-corrected chi connectivity index (χ2v) is 4.49. The molecular formula is C9H13N3S2. The Morgan fingerprint density at radius 1 is 1.64 bits per heavy atom. The van der Waals surface area contributed by atoms with Crippen LogP contribution in [0.3, 0.4) is 0 Å². The van der Waals surface area contributed by atoms with E-state index in [4.69, 9.17) is 18.0 Å². The number of hydrogen-bond donors (Lipinski definition) is 2. The molecule has 1 rings (SSSR count). The maximum Gasteiger partial charge on any atom is 0.184 e. The van der Waals surface area contributed by atoms with E-state index in [0.29, 0.717) is 5.92 Å². The van der Waals surface area contributed by atoms with Gasteiger partial charge in [0.2, 0.25) is 0 Å². The van der Waals surface area contributed by atoms with E-state index in [1.54, 1.807) is 11.3 Å². The van der Waals surface area contributed by atoms with Gasteiger partial charge in [-0.1, -0.05) is 19.9 Å². The Kier molecular flexibility index (Phi) is 4.03. The molecule has 1 heterocycles. The lowest BCUT2D eigenvalue weighted by molar-refractivity contribution is 0.863. The summed E-state index contributed by atoms with van der Waals surface area (Å²) in [5.74, 6) is 0.343. The molecule has 3 N–H and O–H groups in total. The van der Waals surface area contributed by atoms with Gasteiger partial charge in [-0.3, -0.25) is 5.43 Å². The maximum absolute atomic E-state index is 5.31. The average molecular weight is 227 g/mol. The molecule has 0 aliphatic rings. The van der Waals surface area contributed by atoms with Gasteiger partial charge in [0, 0.05) is 0 Å². The number of nitrogens with zero attached hydrogens (tertiary/aromatic N) is 1. The molecule has 76 valence electrons. The molecule has 1 aromatic heterocycles. The molecule has 0 amide bonds. The topological polar surface area (TPSA) is 50.4 Å². The van der Waals surface area contributed by atoms with Gasteiger partial charge in [-0.15, -0.1) is 11.3 Å². The number of thiophene rings is 1. The largest absolute Gasteiger partial charge is 0.375 e. The van der Waals surface area contributed by atoms with E-state index in [1.807, 2.05) is 17.5 Å². The van der Waals surface area contributed by atoms with Crippen LogP contribution in [0.15, 0.2) is 22.6 Å². The van der Waals surface area contributed by atoms with Crippen LogP contribution in [0, 0.1) is 5.92 Å². The van der Waals surface area contributed by atoms with Crippen LogP contribution in [0.25, 0.3) is 0 Å². The van der Waals surface area contributed by atoms with Gasteiger partial charge in [0.25, 0.3) is 0 Å². The van der Waals surface area contributed by atoms with Crippen molar-refractivity contribution in [2.24, 2.45) is 16.8 Å². The highest BCUT2D eigenvalue weighted by Crippen LogP contribution is 2.14. The maximum atomic E-state index is 5.31. The average Bonchev–Trinajstić information content (AvgIpc) is 2.56. The van der Waals surface area contributed by atoms with Crippen LogP contribution in [0.4, 0.5) is 0 Å². The van der Waals surface area contributed by atoms with Gasteiger partial charge in [0.15, 0.2) is 5.11 Å². The van der Waals surface area contributed by atoms with Crippen LogP contribution < -0.4 is 11.2 Å². The highest BCUT2D eigenvalue weighted by Gasteiger charge is 2.09. The zero-order chi connectivity index (χ0) is 10.6. The van der Waals surface area contributed by atoms with Crippen molar-refractivity contribution >= 4 is 34.4 Å². The molecule has 0 aromatic carbocycles. The Bertz CT molecular complexity index is 328. The molecule has 0 fully saturated rings. The minimum absolute atomic E-state index is 0.194. The summed E-state index contributed by atoms with van der Waals surface area (Å²) < 4.78 is 0. The lowest BCUT2D eigenvalue weighted by Gasteiger charge is -2.07. The second-order valence-electron chi connectivity index (χ2n) is 3.11. The normalized spacial score (nSPS) is 11.8. The summed E-state index contributed by atoms with van der Waals surface area (Å²) in [6.45, 7) is 4.17. The van der Waals surface area contributed by atoms with Gasteiger partial charge in [0.05, 0.1) is 10.6 Å². The number of thiocarbonyl (C=S) groups is 1. The molecular weight excluding hydrogens is 214 g/mol. The SMILES string of the molecule is CC(C)C(=NNC(N)=S)c1cccs1. The van der Waals surface area contributed by atoms with Gasteiger partial charge in [-0.05, 0) is 29.6 Å². The van der Waals surface area contributed by atoms with Crippen LogP contribution in [0.1, 0.15) is 18.7 Å². The number of nitrogens with two attached hydrogens (primary N) is 1. The fourth-order valence-corrected chi connectivity index (χ4v) is 1.92. The summed E-state index contributed by atoms with van der Waals surface area (Å²) in [7, 11) is 0. The molecule has 14 heavy (non-hydrogen) atoms. The van der Waals surface area contributed by atoms with Gasteiger partial charge >= 0.3 is 0 Å². The van der Waals surface area contributed by atoms with E-state index < -0.39 is 0 Å². The van der Waals surface area contributed by atoms with Crippen LogP contribution in [0.5, 0.6) is 0 Å². The predicted octanol–water partition coefficient (Wildman–Crippen LogP) is 1.94. The number of hydrogen-bond acceptors (Lipinski definition) is 3. The van der Waals surface area contributed by atoms with Gasteiger partial charge in [0.1, 0.15) is 0 Å². The van der Waals surface area contributed by atoms with Crippen LogP contribution in [0.2, 0.25) is 0 Å². The first-order chi connectivity index (χ1) is 6.61. The molecule has 0 radical (unpaired) electrons. The van der Waals surface area contributed by atoms with Crippen LogP contribution >= 0.6 is 23.6 Å². The number of rotatable bonds is 3. The molecule has 0 bridgehead atoms. The molecule has 5 heteroatoms. The molecule has 0 aliphatic carbocycles. The van der Waals surface area contributed by atoms with Crippen LogP contribution in [-0.2, 0) is 0 Å². The first-order valence-corrected chi connectivity index (χ1v) is 5.57. The highest BCUT2D eigenvalue weighted by atomic mass is 32.1. The van der Waals surface area contributed by atoms with E-state index in [2.05, 4.69) is 24.4 Å². The first-order valence-electron chi connectivity index (χ1n) is 4.28. The van der Waals surface area contributed by atoms with Crippen molar-refractivity contribution in [2.45, 2.75) is 13.8 Å². The van der Waals surface area contributed by atoms with E-state index in [1.165, 1.54) is 0 Å². The minimum Gasteiger partial charge on any atom is -0.375 e.